The largest absolute Gasteiger partial charge is 0.399 e. The minimum absolute atomic E-state index is 0.204. The summed E-state index contributed by atoms with van der Waals surface area (Å²) in [7, 11) is 0. The lowest BCUT2D eigenvalue weighted by molar-refractivity contribution is -0.111. The van der Waals surface area contributed by atoms with Crippen LogP contribution in [0.15, 0.2) is 64.9 Å². The molecule has 0 saturated carbocycles. The van der Waals surface area contributed by atoms with Crippen molar-refractivity contribution in [3.05, 3.63) is 71.1 Å². The summed E-state index contributed by atoms with van der Waals surface area (Å²) in [6, 6.07) is 10.9. The normalized spacial score (nSPS) is 15.6. The van der Waals surface area contributed by atoms with Crippen molar-refractivity contribution in [1.82, 2.24) is 0 Å². The summed E-state index contributed by atoms with van der Waals surface area (Å²) in [4.78, 5) is 16.9. The molecule has 0 spiro atoms. The van der Waals surface area contributed by atoms with Crippen molar-refractivity contribution in [2.24, 2.45) is 10.7 Å². The fraction of sp³-hybridized carbons (Fsp3) is 0.100. The molecule has 2 aromatic carbocycles. The highest BCUT2D eigenvalue weighted by Crippen LogP contribution is 2.24. The number of hydrogen-bond donors (Lipinski definition) is 4. The smallest absolute Gasteiger partial charge is 0.204 e. The molecular weight excluding hydrogens is 326 g/mol. The van der Waals surface area contributed by atoms with E-state index in [9.17, 15) is 4.79 Å². The number of aryl methyl sites for hydroxylation is 2. The number of carbonyl (C=O) groups is 1. The predicted octanol–water partition coefficient (Wildman–Crippen LogP) is 2.96. The second-order valence-corrected chi connectivity index (χ2v) is 6.26. The standard InChI is InChI=1S/C20H21N5O/c1-11-8-14(4-5-15(11)22)24-19-10-18(16(23)9-20(19)26)25-17-6-3-13(21)7-12(17)2/h3-10,24H,21-23H2,1-2H3. The molecule has 0 amide bonds. The van der Waals surface area contributed by atoms with Gasteiger partial charge in [-0.1, -0.05) is 0 Å². The molecule has 6 heteroatoms. The summed E-state index contributed by atoms with van der Waals surface area (Å²) in [5, 5.41) is 3.11. The summed E-state index contributed by atoms with van der Waals surface area (Å²) in [5.41, 5.74) is 23.6. The van der Waals surface area contributed by atoms with Crippen LogP contribution in [0.5, 0.6) is 0 Å². The van der Waals surface area contributed by atoms with Crippen LogP contribution in [-0.2, 0) is 4.79 Å². The monoisotopic (exact) mass is 347 g/mol. The summed E-state index contributed by atoms with van der Waals surface area (Å²) < 4.78 is 0. The van der Waals surface area contributed by atoms with Gasteiger partial charge in [-0.25, -0.2) is 4.99 Å². The molecule has 26 heavy (non-hydrogen) atoms. The van der Waals surface area contributed by atoms with Gasteiger partial charge in [0.05, 0.1) is 22.8 Å². The Hall–Kier alpha value is -3.54. The summed E-state index contributed by atoms with van der Waals surface area (Å²) in [5.74, 6) is -0.204. The molecule has 7 N–H and O–H groups in total. The first-order chi connectivity index (χ1) is 12.3. The van der Waals surface area contributed by atoms with Gasteiger partial charge in [0, 0.05) is 23.1 Å². The zero-order valence-electron chi connectivity index (χ0n) is 14.7. The van der Waals surface area contributed by atoms with E-state index >= 15 is 0 Å². The second-order valence-electron chi connectivity index (χ2n) is 6.26. The number of nitrogens with zero attached hydrogens (tertiary/aromatic N) is 1. The highest BCUT2D eigenvalue weighted by atomic mass is 16.1. The molecule has 0 heterocycles. The Balaban J connectivity index is 1.95. The Morgan fingerprint density at radius 2 is 1.69 bits per heavy atom. The van der Waals surface area contributed by atoms with Crippen LogP contribution in [0.25, 0.3) is 0 Å². The van der Waals surface area contributed by atoms with Crippen LogP contribution in [0.3, 0.4) is 0 Å². The average Bonchev–Trinajstić information content (AvgIpc) is 2.57. The zero-order valence-corrected chi connectivity index (χ0v) is 14.7. The topological polar surface area (TPSA) is 120 Å². The number of rotatable bonds is 3. The van der Waals surface area contributed by atoms with Crippen LogP contribution in [0.4, 0.5) is 22.7 Å². The van der Waals surface area contributed by atoms with E-state index in [0.29, 0.717) is 28.5 Å². The third-order valence-corrected chi connectivity index (χ3v) is 4.14. The summed E-state index contributed by atoms with van der Waals surface area (Å²) >= 11 is 0. The van der Waals surface area contributed by atoms with Crippen LogP contribution < -0.4 is 22.5 Å². The molecule has 1 aliphatic rings. The summed E-state index contributed by atoms with van der Waals surface area (Å²) in [6.07, 6.45) is 3.02. The number of nitrogens with two attached hydrogens (primary N) is 3. The molecule has 0 atom stereocenters. The molecule has 0 fully saturated rings. The van der Waals surface area contributed by atoms with Gasteiger partial charge in [-0.2, -0.15) is 0 Å². The Morgan fingerprint density at radius 3 is 2.38 bits per heavy atom. The highest BCUT2D eigenvalue weighted by molar-refractivity contribution is 6.23. The number of aliphatic imine (C=N–C) groups is 1. The van der Waals surface area contributed by atoms with Crippen molar-refractivity contribution in [2.45, 2.75) is 13.8 Å². The maximum Gasteiger partial charge on any atom is 0.204 e. The number of benzene rings is 2. The molecule has 2 aromatic rings. The van der Waals surface area contributed by atoms with Crippen LogP contribution in [0.1, 0.15) is 11.1 Å². The van der Waals surface area contributed by atoms with Gasteiger partial charge in [-0.15, -0.1) is 0 Å². The van der Waals surface area contributed by atoms with Gasteiger partial charge in [0.15, 0.2) is 0 Å². The number of hydrogen-bond acceptors (Lipinski definition) is 6. The van der Waals surface area contributed by atoms with E-state index in [4.69, 9.17) is 17.2 Å². The average molecular weight is 347 g/mol. The SMILES string of the molecule is Cc1cc(NC2=CC(=Nc3ccc(N)cc3C)C(N)=CC2=O)ccc1N. The number of nitrogen functional groups attached to an aromatic ring is 2. The van der Waals surface area contributed by atoms with Crippen molar-refractivity contribution in [3.8, 4) is 0 Å². The van der Waals surface area contributed by atoms with Gasteiger partial charge in [0.1, 0.15) is 0 Å². The zero-order chi connectivity index (χ0) is 18.8. The van der Waals surface area contributed by atoms with Gasteiger partial charge in [-0.05, 0) is 67.4 Å². The van der Waals surface area contributed by atoms with Crippen molar-refractivity contribution >= 4 is 34.2 Å². The van der Waals surface area contributed by atoms with Crippen molar-refractivity contribution in [3.63, 3.8) is 0 Å². The lowest BCUT2D eigenvalue weighted by Gasteiger charge is -2.15. The van der Waals surface area contributed by atoms with Crippen molar-refractivity contribution in [2.75, 3.05) is 16.8 Å². The first kappa shape index (κ1) is 17.3. The van der Waals surface area contributed by atoms with E-state index in [1.54, 1.807) is 18.2 Å². The maximum atomic E-state index is 12.3. The number of carbonyl (C=O) groups excluding carboxylic acids is 1. The molecule has 0 aliphatic heterocycles. The molecule has 0 aromatic heterocycles. The van der Waals surface area contributed by atoms with E-state index in [1.807, 2.05) is 38.1 Å². The van der Waals surface area contributed by atoms with E-state index in [0.717, 1.165) is 22.5 Å². The fourth-order valence-electron chi connectivity index (χ4n) is 2.62. The van der Waals surface area contributed by atoms with Crippen LogP contribution in [0, 0.1) is 13.8 Å². The Labute approximate surface area is 152 Å². The van der Waals surface area contributed by atoms with Gasteiger partial charge < -0.3 is 22.5 Å². The van der Waals surface area contributed by atoms with E-state index < -0.39 is 0 Å². The van der Waals surface area contributed by atoms with E-state index in [-0.39, 0.29) is 5.78 Å². The molecule has 0 unspecified atom stereocenters. The minimum atomic E-state index is -0.204. The third kappa shape index (κ3) is 3.59. The van der Waals surface area contributed by atoms with Crippen LogP contribution in [0.2, 0.25) is 0 Å². The number of anilines is 3. The number of nitrogens with one attached hydrogen (secondary N) is 1. The van der Waals surface area contributed by atoms with Gasteiger partial charge >= 0.3 is 0 Å². The van der Waals surface area contributed by atoms with Gasteiger partial charge in [0.25, 0.3) is 0 Å². The van der Waals surface area contributed by atoms with Crippen LogP contribution >= 0.6 is 0 Å². The van der Waals surface area contributed by atoms with Crippen LogP contribution in [-0.4, -0.2) is 11.5 Å². The molecule has 0 bridgehead atoms. The number of ketones is 1. The maximum absolute atomic E-state index is 12.3. The Bertz CT molecular complexity index is 986. The molecule has 132 valence electrons. The van der Waals surface area contributed by atoms with Gasteiger partial charge in [-0.3, -0.25) is 4.79 Å². The molecule has 0 radical (unpaired) electrons. The van der Waals surface area contributed by atoms with Crippen molar-refractivity contribution in [1.29, 1.82) is 0 Å². The predicted molar refractivity (Wildman–Crippen MR) is 107 cm³/mol. The summed E-state index contributed by atoms with van der Waals surface area (Å²) in [6.45, 7) is 3.83. The molecule has 6 nitrogen and oxygen atoms in total. The Morgan fingerprint density at radius 1 is 0.923 bits per heavy atom. The van der Waals surface area contributed by atoms with E-state index in [2.05, 4.69) is 10.3 Å². The first-order valence-corrected chi connectivity index (χ1v) is 8.15. The quantitative estimate of drug-likeness (QED) is 0.503. The highest BCUT2D eigenvalue weighted by Gasteiger charge is 2.17. The third-order valence-electron chi connectivity index (χ3n) is 4.14. The Kier molecular flexibility index (Phi) is 4.49. The second kappa shape index (κ2) is 6.76. The lowest BCUT2D eigenvalue weighted by Crippen LogP contribution is -2.22. The lowest BCUT2D eigenvalue weighted by atomic mass is 10.0. The molecule has 3 rings (SSSR count). The number of allylic oxidation sites excluding steroid dienone is 2. The van der Waals surface area contributed by atoms with Gasteiger partial charge in [0.2, 0.25) is 5.78 Å². The minimum Gasteiger partial charge on any atom is -0.399 e. The fourth-order valence-corrected chi connectivity index (χ4v) is 2.62. The van der Waals surface area contributed by atoms with Crippen molar-refractivity contribution < 1.29 is 4.79 Å². The molecule has 0 saturated heterocycles. The molecular formula is C20H21N5O. The van der Waals surface area contributed by atoms with E-state index in [1.165, 1.54) is 6.08 Å². The molecule has 1 aliphatic carbocycles. The first-order valence-electron chi connectivity index (χ1n) is 8.15.